The zero-order chi connectivity index (χ0) is 34.1. The summed E-state index contributed by atoms with van der Waals surface area (Å²) >= 11 is 0. The Kier molecular flexibility index (Phi) is 9.33. The fourth-order valence-corrected chi connectivity index (χ4v) is 8.57. The molecular formula is C36H42FN7O5. The maximum atomic E-state index is 14.2. The van der Waals surface area contributed by atoms with Crippen LogP contribution in [-0.4, -0.2) is 79.1 Å². The number of nitrogens with zero attached hydrogens (tertiary/aromatic N) is 4. The van der Waals surface area contributed by atoms with Gasteiger partial charge >= 0.3 is 6.09 Å². The van der Waals surface area contributed by atoms with Crippen molar-refractivity contribution in [1.29, 1.82) is 0 Å². The number of halogens is 1. The van der Waals surface area contributed by atoms with Crippen LogP contribution < -0.4 is 10.6 Å². The van der Waals surface area contributed by atoms with Gasteiger partial charge in [0.2, 0.25) is 11.8 Å². The van der Waals surface area contributed by atoms with Crippen molar-refractivity contribution in [3.8, 4) is 0 Å². The summed E-state index contributed by atoms with van der Waals surface area (Å²) < 4.78 is 14.9. The van der Waals surface area contributed by atoms with Crippen molar-refractivity contribution in [3.05, 3.63) is 54.2 Å². The van der Waals surface area contributed by atoms with Crippen LogP contribution >= 0.6 is 0 Å². The Morgan fingerprint density at radius 2 is 1.73 bits per heavy atom. The molecule has 4 aromatic rings. The second-order valence-electron chi connectivity index (χ2n) is 13.9. The smallest absolute Gasteiger partial charge is 0.404 e. The number of nitrogens with one attached hydrogen (secondary N) is 3. The average Bonchev–Trinajstić information content (AvgIpc) is 3.87. The number of aromatic nitrogens is 4. The van der Waals surface area contributed by atoms with Crippen LogP contribution in [0.2, 0.25) is 0 Å². The predicted octanol–water partition coefficient (Wildman–Crippen LogP) is 5.75. The summed E-state index contributed by atoms with van der Waals surface area (Å²) in [5.41, 5.74) is 2.87. The van der Waals surface area contributed by atoms with Gasteiger partial charge < -0.3 is 25.6 Å². The standard InChI is InChI=1S/C36H42FN7O5/c37-20-30(40-36(48)49)22-10-12-23(13-11-22)34(46)43-17-16-26(21-6-2-1-3-7-21)32(43)33(45)38-25-14-15-27-24(18-25)19-29(39-27)35(47)44-31-9-5-4-8-28(31)41-42-44/h4-5,8-9,14-15,18-19,21-23,26,30,32,39-40H,1-3,6-7,10-13,16-17,20H2,(H,38,45)(H,48,49)/t22?,23?,26-,30+,32-/m0/s1. The molecule has 1 aliphatic heterocycles. The summed E-state index contributed by atoms with van der Waals surface area (Å²) in [6.45, 7) is -0.261. The number of carbonyl (C=O) groups is 4. The van der Waals surface area contributed by atoms with Crippen molar-refractivity contribution in [2.75, 3.05) is 18.5 Å². The third-order valence-electron chi connectivity index (χ3n) is 11.1. The molecule has 13 heteroatoms. The van der Waals surface area contributed by atoms with Gasteiger partial charge in [0.15, 0.2) is 0 Å². The van der Waals surface area contributed by atoms with Crippen molar-refractivity contribution < 1.29 is 28.7 Å². The number of hydrogen-bond acceptors (Lipinski definition) is 6. The highest BCUT2D eigenvalue weighted by molar-refractivity contribution is 6.04. The fraction of sp³-hybridized carbons (Fsp3) is 0.500. The average molecular weight is 672 g/mol. The first kappa shape index (κ1) is 32.7. The molecule has 0 unspecified atom stereocenters. The molecule has 2 aliphatic carbocycles. The van der Waals surface area contributed by atoms with Crippen molar-refractivity contribution in [3.63, 3.8) is 0 Å². The van der Waals surface area contributed by atoms with Crippen LogP contribution in [0.15, 0.2) is 48.5 Å². The number of H-pyrrole nitrogens is 1. The molecule has 1 saturated heterocycles. The maximum Gasteiger partial charge on any atom is 0.404 e. The highest BCUT2D eigenvalue weighted by Crippen LogP contribution is 2.41. The largest absolute Gasteiger partial charge is 0.465 e. The molecule has 3 fully saturated rings. The van der Waals surface area contributed by atoms with Gasteiger partial charge in [-0.05, 0) is 86.3 Å². The number of fused-ring (bicyclic) bond motifs is 2. The molecule has 12 nitrogen and oxygen atoms in total. The summed E-state index contributed by atoms with van der Waals surface area (Å²) in [5.74, 6) is -0.599. The lowest BCUT2D eigenvalue weighted by atomic mass is 9.76. The molecule has 3 heterocycles. The molecular weight excluding hydrogens is 629 g/mol. The van der Waals surface area contributed by atoms with E-state index in [0.29, 0.717) is 60.6 Å². The van der Waals surface area contributed by atoms with Crippen molar-refractivity contribution >= 4 is 51.4 Å². The molecule has 258 valence electrons. The maximum absolute atomic E-state index is 14.2. The van der Waals surface area contributed by atoms with E-state index in [4.69, 9.17) is 5.11 Å². The molecule has 0 radical (unpaired) electrons. The van der Waals surface area contributed by atoms with E-state index in [-0.39, 0.29) is 35.5 Å². The number of hydrogen-bond donors (Lipinski definition) is 4. The van der Waals surface area contributed by atoms with E-state index in [9.17, 15) is 23.6 Å². The van der Waals surface area contributed by atoms with E-state index in [1.807, 2.05) is 24.3 Å². The molecule has 2 saturated carbocycles. The van der Waals surface area contributed by atoms with Crippen LogP contribution in [0.25, 0.3) is 21.9 Å². The van der Waals surface area contributed by atoms with Gasteiger partial charge in [0.1, 0.15) is 23.9 Å². The van der Waals surface area contributed by atoms with E-state index in [1.165, 1.54) is 11.1 Å². The zero-order valence-corrected chi connectivity index (χ0v) is 27.3. The van der Waals surface area contributed by atoms with Gasteiger partial charge in [-0.3, -0.25) is 14.4 Å². The highest BCUT2D eigenvalue weighted by atomic mass is 19.1. The van der Waals surface area contributed by atoms with Crippen LogP contribution in [0.5, 0.6) is 0 Å². The van der Waals surface area contributed by atoms with Gasteiger partial charge in [-0.15, -0.1) is 5.10 Å². The summed E-state index contributed by atoms with van der Waals surface area (Å²) in [6.07, 6.45) is 7.26. The molecule has 4 N–H and O–H groups in total. The normalized spacial score (nSPS) is 23.8. The van der Waals surface area contributed by atoms with Crippen LogP contribution in [0.1, 0.15) is 74.7 Å². The minimum absolute atomic E-state index is 0.0372. The molecule has 2 aromatic heterocycles. The lowest BCUT2D eigenvalue weighted by molar-refractivity contribution is -0.142. The molecule has 3 atom stereocenters. The van der Waals surface area contributed by atoms with Crippen molar-refractivity contribution in [2.45, 2.75) is 76.3 Å². The van der Waals surface area contributed by atoms with Crippen LogP contribution in [0, 0.1) is 23.7 Å². The fourth-order valence-electron chi connectivity index (χ4n) is 8.57. The molecule has 0 spiro atoms. The highest BCUT2D eigenvalue weighted by Gasteiger charge is 2.47. The second kappa shape index (κ2) is 14.0. The first-order chi connectivity index (χ1) is 23.8. The topological polar surface area (TPSA) is 162 Å². The van der Waals surface area contributed by atoms with Gasteiger partial charge in [-0.1, -0.05) is 49.5 Å². The number of alkyl halides is 1. The number of amides is 3. The molecule has 3 amide bonds. The van der Waals surface area contributed by atoms with E-state index in [0.717, 1.165) is 43.0 Å². The number of carbonyl (C=O) groups excluding carboxylic acids is 3. The quantitative estimate of drug-likeness (QED) is 0.185. The van der Waals surface area contributed by atoms with Gasteiger partial charge in [0, 0.05) is 29.1 Å². The Balaban J connectivity index is 1.08. The number of anilines is 1. The lowest BCUT2D eigenvalue weighted by Gasteiger charge is -2.37. The van der Waals surface area contributed by atoms with Crippen LogP contribution in [0.3, 0.4) is 0 Å². The van der Waals surface area contributed by atoms with Gasteiger partial charge in [-0.2, -0.15) is 4.68 Å². The van der Waals surface area contributed by atoms with Crippen LogP contribution in [-0.2, 0) is 9.59 Å². The second-order valence-corrected chi connectivity index (χ2v) is 13.9. The van der Waals surface area contributed by atoms with Gasteiger partial charge in [0.05, 0.1) is 11.6 Å². The Morgan fingerprint density at radius 3 is 2.49 bits per heavy atom. The summed E-state index contributed by atoms with van der Waals surface area (Å²) in [7, 11) is 0. The van der Waals surface area contributed by atoms with Gasteiger partial charge in [-0.25, -0.2) is 9.18 Å². The SMILES string of the molecule is O=C(O)N[C@H](CF)C1CCC(C(=O)N2CC[C@@H](C3CCCCC3)[C@H]2C(=O)Nc2ccc3[nH]c(C(=O)n4nnc5ccccc54)cc3c2)CC1. The number of para-hydroxylation sites is 1. The lowest BCUT2D eigenvalue weighted by Crippen LogP contribution is -2.50. The Bertz CT molecular complexity index is 1860. The zero-order valence-electron chi connectivity index (χ0n) is 27.3. The first-order valence-corrected chi connectivity index (χ1v) is 17.5. The Morgan fingerprint density at radius 1 is 0.959 bits per heavy atom. The van der Waals surface area contributed by atoms with E-state index in [2.05, 4.69) is 25.9 Å². The van der Waals surface area contributed by atoms with Crippen molar-refractivity contribution in [2.24, 2.45) is 23.7 Å². The third-order valence-corrected chi connectivity index (χ3v) is 11.1. The predicted molar refractivity (Wildman–Crippen MR) is 181 cm³/mol. The number of benzene rings is 2. The molecule has 49 heavy (non-hydrogen) atoms. The molecule has 0 bridgehead atoms. The number of carboxylic acid groups (broad SMARTS) is 1. The summed E-state index contributed by atoms with van der Waals surface area (Å²) in [6, 6.07) is 13.0. The van der Waals surface area contributed by atoms with Gasteiger partial charge in [0.25, 0.3) is 5.91 Å². The number of aromatic amines is 1. The molecule has 7 rings (SSSR count). The number of rotatable bonds is 8. The van der Waals surface area contributed by atoms with Crippen LogP contribution in [0.4, 0.5) is 14.9 Å². The Hall–Kier alpha value is -4.81. The van der Waals surface area contributed by atoms with Crippen molar-refractivity contribution in [1.82, 2.24) is 30.2 Å². The first-order valence-electron chi connectivity index (χ1n) is 17.5. The number of likely N-dealkylation sites (tertiary alicyclic amines) is 1. The molecule has 3 aliphatic rings. The summed E-state index contributed by atoms with van der Waals surface area (Å²) in [4.78, 5) is 57.6. The van der Waals surface area contributed by atoms with E-state index >= 15 is 0 Å². The third kappa shape index (κ3) is 6.62. The Labute approximate surface area is 282 Å². The summed E-state index contributed by atoms with van der Waals surface area (Å²) in [5, 5.41) is 23.3. The van der Waals surface area contributed by atoms with E-state index in [1.54, 1.807) is 29.2 Å². The minimum atomic E-state index is -1.24. The van der Waals surface area contributed by atoms with E-state index < -0.39 is 24.9 Å². The molecule has 2 aromatic carbocycles. The minimum Gasteiger partial charge on any atom is -0.465 e. The monoisotopic (exact) mass is 671 g/mol.